The maximum absolute atomic E-state index is 13.4. The highest BCUT2D eigenvalue weighted by Gasteiger charge is 2.11. The van der Waals surface area contributed by atoms with E-state index in [0.717, 1.165) is 12.1 Å². The summed E-state index contributed by atoms with van der Waals surface area (Å²) in [6.07, 6.45) is 2.58. The maximum atomic E-state index is 13.4. The lowest BCUT2D eigenvalue weighted by Crippen LogP contribution is -2.37. The quantitative estimate of drug-likeness (QED) is 0.545. The number of imide groups is 1. The fourth-order valence-corrected chi connectivity index (χ4v) is 2.18. The lowest BCUT2D eigenvalue weighted by molar-refractivity contribution is -0.143. The van der Waals surface area contributed by atoms with Crippen LogP contribution in [0.5, 0.6) is 11.5 Å². The molecule has 2 aromatic carbocycles. The summed E-state index contributed by atoms with van der Waals surface area (Å²) in [5.41, 5.74) is 0.556. The van der Waals surface area contributed by atoms with Gasteiger partial charge in [0, 0.05) is 6.08 Å². The van der Waals surface area contributed by atoms with Gasteiger partial charge in [0.15, 0.2) is 18.1 Å². The number of halogens is 1. The van der Waals surface area contributed by atoms with Gasteiger partial charge in [-0.15, -0.1) is 0 Å². The lowest BCUT2D eigenvalue weighted by atomic mass is 10.2. The van der Waals surface area contributed by atoms with E-state index in [1.165, 1.54) is 38.5 Å². The second-order valence-corrected chi connectivity index (χ2v) is 5.54. The molecule has 9 heteroatoms. The third-order valence-electron chi connectivity index (χ3n) is 3.54. The van der Waals surface area contributed by atoms with Crippen molar-refractivity contribution < 1.29 is 33.0 Å². The molecule has 0 heterocycles. The number of carbonyl (C=O) groups excluding carboxylic acids is 3. The van der Waals surface area contributed by atoms with Crippen LogP contribution < -0.4 is 20.1 Å². The summed E-state index contributed by atoms with van der Waals surface area (Å²) in [7, 11) is 2.99. The van der Waals surface area contributed by atoms with Gasteiger partial charge in [-0.25, -0.2) is 14.0 Å². The van der Waals surface area contributed by atoms with Crippen LogP contribution in [0.15, 0.2) is 48.5 Å². The number of benzene rings is 2. The molecular weight excluding hydrogens is 383 g/mol. The number of methoxy groups -OCH3 is 2. The molecule has 0 bridgehead atoms. The van der Waals surface area contributed by atoms with Crippen molar-refractivity contribution in [2.75, 3.05) is 26.1 Å². The van der Waals surface area contributed by atoms with Crippen molar-refractivity contribution in [3.05, 3.63) is 59.9 Å². The van der Waals surface area contributed by atoms with E-state index in [4.69, 9.17) is 14.2 Å². The molecule has 2 rings (SSSR count). The molecule has 0 atom stereocenters. The van der Waals surface area contributed by atoms with Gasteiger partial charge in [-0.2, -0.15) is 0 Å². The Kier molecular flexibility index (Phi) is 7.72. The van der Waals surface area contributed by atoms with Crippen LogP contribution in [0.3, 0.4) is 0 Å². The Labute approximate surface area is 166 Å². The van der Waals surface area contributed by atoms with Crippen LogP contribution in [0.4, 0.5) is 14.9 Å². The first-order chi connectivity index (χ1) is 13.9. The van der Waals surface area contributed by atoms with Crippen LogP contribution in [0.1, 0.15) is 5.56 Å². The molecule has 29 heavy (non-hydrogen) atoms. The number of anilines is 1. The third-order valence-corrected chi connectivity index (χ3v) is 3.54. The van der Waals surface area contributed by atoms with Crippen LogP contribution in [0.25, 0.3) is 6.08 Å². The van der Waals surface area contributed by atoms with E-state index in [9.17, 15) is 18.8 Å². The number of ether oxygens (including phenoxy) is 3. The maximum Gasteiger partial charge on any atom is 0.331 e. The lowest BCUT2D eigenvalue weighted by Gasteiger charge is -2.08. The van der Waals surface area contributed by atoms with Crippen LogP contribution in [0, 0.1) is 5.82 Å². The first kappa shape index (κ1) is 21.4. The van der Waals surface area contributed by atoms with Crippen molar-refractivity contribution in [3.63, 3.8) is 0 Å². The number of para-hydroxylation sites is 1. The van der Waals surface area contributed by atoms with E-state index in [1.54, 1.807) is 18.2 Å². The Morgan fingerprint density at radius 2 is 1.76 bits per heavy atom. The number of nitrogens with one attached hydrogen (secondary N) is 2. The van der Waals surface area contributed by atoms with Crippen LogP contribution in [-0.4, -0.2) is 38.7 Å². The highest BCUT2D eigenvalue weighted by molar-refractivity contribution is 6.02. The van der Waals surface area contributed by atoms with E-state index in [0.29, 0.717) is 17.1 Å². The molecule has 0 aromatic heterocycles. The molecule has 3 amide bonds. The minimum Gasteiger partial charge on any atom is -0.493 e. The van der Waals surface area contributed by atoms with Crippen molar-refractivity contribution in [2.45, 2.75) is 0 Å². The highest BCUT2D eigenvalue weighted by Crippen LogP contribution is 2.27. The standard InChI is InChI=1S/C20H19FN2O6/c1-27-16-9-7-13(11-17(16)28-2)8-10-19(25)29-12-18(24)23-20(26)22-15-6-4-3-5-14(15)21/h3-11H,12H2,1-2H3,(H2,22,23,24,26)/b10-8+. The van der Waals surface area contributed by atoms with Gasteiger partial charge >= 0.3 is 12.0 Å². The van der Waals surface area contributed by atoms with Crippen molar-refractivity contribution in [1.82, 2.24) is 5.32 Å². The van der Waals surface area contributed by atoms with E-state index in [1.807, 2.05) is 5.32 Å². The number of carbonyl (C=O) groups is 3. The third kappa shape index (κ3) is 6.65. The first-order valence-corrected chi connectivity index (χ1v) is 8.35. The minimum absolute atomic E-state index is 0.0901. The van der Waals surface area contributed by atoms with Crippen LogP contribution in [0.2, 0.25) is 0 Å². The average molecular weight is 402 g/mol. The molecule has 0 fully saturated rings. The molecule has 152 valence electrons. The molecule has 8 nitrogen and oxygen atoms in total. The van der Waals surface area contributed by atoms with Crippen LogP contribution >= 0.6 is 0 Å². The highest BCUT2D eigenvalue weighted by atomic mass is 19.1. The zero-order valence-corrected chi connectivity index (χ0v) is 15.7. The summed E-state index contributed by atoms with van der Waals surface area (Å²) in [6, 6.07) is 9.55. The SMILES string of the molecule is COc1ccc(/C=C/C(=O)OCC(=O)NC(=O)Nc2ccccc2F)cc1OC. The summed E-state index contributed by atoms with van der Waals surface area (Å²) in [6.45, 7) is -0.681. The zero-order valence-electron chi connectivity index (χ0n) is 15.7. The van der Waals surface area contributed by atoms with Crippen molar-refractivity contribution in [2.24, 2.45) is 0 Å². The molecule has 0 aliphatic heterocycles. The van der Waals surface area contributed by atoms with E-state index >= 15 is 0 Å². The number of amides is 3. The average Bonchev–Trinajstić information content (AvgIpc) is 2.72. The van der Waals surface area contributed by atoms with Gasteiger partial charge in [-0.1, -0.05) is 18.2 Å². The van der Waals surface area contributed by atoms with Crippen molar-refractivity contribution >= 4 is 29.7 Å². The fraction of sp³-hybridized carbons (Fsp3) is 0.150. The summed E-state index contributed by atoms with van der Waals surface area (Å²) in [5, 5.41) is 4.10. The number of urea groups is 1. The van der Waals surface area contributed by atoms with E-state index in [2.05, 4.69) is 5.32 Å². The molecule has 0 unspecified atom stereocenters. The normalized spacial score (nSPS) is 10.3. The molecule has 0 aliphatic rings. The molecule has 0 spiro atoms. The molecular formula is C20H19FN2O6. The second kappa shape index (κ2) is 10.5. The smallest absolute Gasteiger partial charge is 0.331 e. The molecule has 0 saturated carbocycles. The largest absolute Gasteiger partial charge is 0.493 e. The predicted molar refractivity (Wildman–Crippen MR) is 103 cm³/mol. The Morgan fingerprint density at radius 3 is 2.45 bits per heavy atom. The zero-order chi connectivity index (χ0) is 21.2. The monoisotopic (exact) mass is 402 g/mol. The number of hydrogen-bond donors (Lipinski definition) is 2. The second-order valence-electron chi connectivity index (χ2n) is 5.54. The van der Waals surface area contributed by atoms with Crippen LogP contribution in [-0.2, 0) is 14.3 Å². The topological polar surface area (TPSA) is 103 Å². The Morgan fingerprint density at radius 1 is 1.03 bits per heavy atom. The number of rotatable bonds is 7. The Hall–Kier alpha value is -3.88. The number of esters is 1. The summed E-state index contributed by atoms with van der Waals surface area (Å²) in [4.78, 5) is 35.0. The first-order valence-electron chi connectivity index (χ1n) is 8.35. The summed E-state index contributed by atoms with van der Waals surface area (Å²) < 4.78 is 28.5. The Bertz CT molecular complexity index is 929. The van der Waals surface area contributed by atoms with Gasteiger partial charge in [0.25, 0.3) is 5.91 Å². The molecule has 0 radical (unpaired) electrons. The molecule has 2 N–H and O–H groups in total. The van der Waals surface area contributed by atoms with Gasteiger partial charge in [-0.05, 0) is 35.9 Å². The van der Waals surface area contributed by atoms with Gasteiger partial charge in [-0.3, -0.25) is 10.1 Å². The Balaban J connectivity index is 1.81. The van der Waals surface area contributed by atoms with Gasteiger partial charge < -0.3 is 19.5 Å². The minimum atomic E-state index is -0.947. The van der Waals surface area contributed by atoms with E-state index in [-0.39, 0.29) is 5.69 Å². The molecule has 2 aromatic rings. The molecule has 0 saturated heterocycles. The van der Waals surface area contributed by atoms with Crippen molar-refractivity contribution in [1.29, 1.82) is 0 Å². The summed E-state index contributed by atoms with van der Waals surface area (Å²) >= 11 is 0. The van der Waals surface area contributed by atoms with Crippen molar-refractivity contribution in [3.8, 4) is 11.5 Å². The molecule has 0 aliphatic carbocycles. The fourth-order valence-electron chi connectivity index (χ4n) is 2.18. The van der Waals surface area contributed by atoms with Gasteiger partial charge in [0.05, 0.1) is 19.9 Å². The predicted octanol–water partition coefficient (Wildman–Crippen LogP) is 2.75. The van der Waals surface area contributed by atoms with E-state index < -0.39 is 30.3 Å². The van der Waals surface area contributed by atoms with Gasteiger partial charge in [0.2, 0.25) is 0 Å². The number of hydrogen-bond acceptors (Lipinski definition) is 6. The van der Waals surface area contributed by atoms with Gasteiger partial charge in [0.1, 0.15) is 5.82 Å². The summed E-state index contributed by atoms with van der Waals surface area (Å²) in [5.74, 6) is -1.28.